The van der Waals surface area contributed by atoms with Crippen molar-refractivity contribution in [3.63, 3.8) is 0 Å². The van der Waals surface area contributed by atoms with Crippen molar-refractivity contribution in [2.45, 2.75) is 24.9 Å². The van der Waals surface area contributed by atoms with Crippen molar-refractivity contribution < 1.29 is 22.7 Å². The quantitative estimate of drug-likeness (QED) is 0.709. The van der Waals surface area contributed by atoms with Crippen LogP contribution in [0, 0.1) is 0 Å². The molecule has 0 bridgehead atoms. The summed E-state index contributed by atoms with van der Waals surface area (Å²) in [5, 5.41) is 0.774. The summed E-state index contributed by atoms with van der Waals surface area (Å²) in [5.41, 5.74) is 1.22. The Hall–Kier alpha value is -2.22. The predicted octanol–water partition coefficient (Wildman–Crippen LogP) is 4.36. The van der Waals surface area contributed by atoms with E-state index in [0.717, 1.165) is 10.8 Å². The lowest BCUT2D eigenvalue weighted by Gasteiger charge is -2.18. The molecule has 0 spiro atoms. The Morgan fingerprint density at radius 3 is 2.52 bits per heavy atom. The number of aromatic nitrogens is 1. The van der Waals surface area contributed by atoms with E-state index < -0.39 is 6.36 Å². The largest absolute Gasteiger partial charge is 0.573 e. The van der Waals surface area contributed by atoms with E-state index in [1.165, 1.54) is 29.2 Å². The molecule has 0 fully saturated rings. The van der Waals surface area contributed by atoms with E-state index >= 15 is 0 Å². The summed E-state index contributed by atoms with van der Waals surface area (Å²) in [7, 11) is 1.63. The predicted molar refractivity (Wildman–Crippen MR) is 89.6 cm³/mol. The SMILES string of the molecule is CCSc1cc(C(=O)N(C)Cc2ccc(OC(F)(F)F)cc2)ccn1. The molecule has 1 aromatic heterocycles. The number of carbonyl (C=O) groups is 1. The maximum absolute atomic E-state index is 12.5. The van der Waals surface area contributed by atoms with Gasteiger partial charge in [0.25, 0.3) is 5.91 Å². The van der Waals surface area contributed by atoms with Crippen molar-refractivity contribution in [3.8, 4) is 5.75 Å². The van der Waals surface area contributed by atoms with E-state index in [9.17, 15) is 18.0 Å². The lowest BCUT2D eigenvalue weighted by Crippen LogP contribution is -2.26. The first kappa shape index (κ1) is 19.1. The van der Waals surface area contributed by atoms with Gasteiger partial charge in [0.2, 0.25) is 0 Å². The van der Waals surface area contributed by atoms with Crippen LogP contribution in [0.1, 0.15) is 22.8 Å². The molecular formula is C17H17F3N2O2S. The molecular weight excluding hydrogens is 353 g/mol. The molecule has 0 saturated heterocycles. The normalized spacial score (nSPS) is 11.2. The van der Waals surface area contributed by atoms with Crippen LogP contribution in [0.15, 0.2) is 47.6 Å². The third kappa shape index (κ3) is 5.97. The molecule has 0 saturated carbocycles. The molecule has 134 valence electrons. The van der Waals surface area contributed by atoms with Crippen LogP contribution in [0.2, 0.25) is 0 Å². The lowest BCUT2D eigenvalue weighted by atomic mass is 10.2. The number of hydrogen-bond donors (Lipinski definition) is 0. The molecule has 2 aromatic rings. The number of hydrogen-bond acceptors (Lipinski definition) is 4. The van der Waals surface area contributed by atoms with Gasteiger partial charge < -0.3 is 9.64 Å². The van der Waals surface area contributed by atoms with Crippen LogP contribution < -0.4 is 4.74 Å². The molecule has 1 amide bonds. The van der Waals surface area contributed by atoms with Gasteiger partial charge in [0.1, 0.15) is 5.75 Å². The topological polar surface area (TPSA) is 42.4 Å². The monoisotopic (exact) mass is 370 g/mol. The molecule has 1 aromatic carbocycles. The van der Waals surface area contributed by atoms with Crippen LogP contribution in [-0.2, 0) is 6.54 Å². The molecule has 0 atom stereocenters. The highest BCUT2D eigenvalue weighted by Crippen LogP contribution is 2.23. The summed E-state index contributed by atoms with van der Waals surface area (Å²) in [6, 6.07) is 8.81. The number of benzene rings is 1. The molecule has 0 aliphatic rings. The highest BCUT2D eigenvalue weighted by atomic mass is 32.2. The highest BCUT2D eigenvalue weighted by Gasteiger charge is 2.30. The fraction of sp³-hybridized carbons (Fsp3) is 0.294. The van der Waals surface area contributed by atoms with Gasteiger partial charge in [-0.05, 0) is 35.6 Å². The van der Waals surface area contributed by atoms with Crippen LogP contribution in [0.25, 0.3) is 0 Å². The number of rotatable bonds is 6. The van der Waals surface area contributed by atoms with E-state index in [0.29, 0.717) is 11.1 Å². The molecule has 8 heteroatoms. The van der Waals surface area contributed by atoms with E-state index in [4.69, 9.17) is 0 Å². The van der Waals surface area contributed by atoms with E-state index in [1.54, 1.807) is 37.1 Å². The molecule has 2 rings (SSSR count). The molecule has 0 N–H and O–H groups in total. The Morgan fingerprint density at radius 2 is 1.92 bits per heavy atom. The van der Waals surface area contributed by atoms with Gasteiger partial charge in [-0.1, -0.05) is 19.1 Å². The second-order valence-electron chi connectivity index (χ2n) is 5.17. The summed E-state index contributed by atoms with van der Waals surface area (Å²) < 4.78 is 40.3. The van der Waals surface area contributed by atoms with Gasteiger partial charge in [0.05, 0.1) is 5.03 Å². The van der Waals surface area contributed by atoms with Crippen LogP contribution in [-0.4, -0.2) is 35.0 Å². The fourth-order valence-corrected chi connectivity index (χ4v) is 2.77. The third-order valence-electron chi connectivity index (χ3n) is 3.20. The minimum Gasteiger partial charge on any atom is -0.406 e. The number of ether oxygens (including phenoxy) is 1. The average molecular weight is 370 g/mol. The Balaban J connectivity index is 2.02. The summed E-state index contributed by atoms with van der Waals surface area (Å²) in [4.78, 5) is 18.2. The molecule has 25 heavy (non-hydrogen) atoms. The summed E-state index contributed by atoms with van der Waals surface area (Å²) >= 11 is 1.54. The highest BCUT2D eigenvalue weighted by molar-refractivity contribution is 7.99. The van der Waals surface area contributed by atoms with Crippen LogP contribution >= 0.6 is 11.8 Å². The first-order valence-corrected chi connectivity index (χ1v) is 8.46. The van der Waals surface area contributed by atoms with E-state index in [-0.39, 0.29) is 18.2 Å². The zero-order valence-electron chi connectivity index (χ0n) is 13.7. The van der Waals surface area contributed by atoms with Gasteiger partial charge in [-0.15, -0.1) is 24.9 Å². The van der Waals surface area contributed by atoms with Crippen molar-refractivity contribution in [2.75, 3.05) is 12.8 Å². The maximum Gasteiger partial charge on any atom is 0.573 e. The molecule has 0 unspecified atom stereocenters. The van der Waals surface area contributed by atoms with Crippen LogP contribution in [0.5, 0.6) is 5.75 Å². The Labute approximate surface area is 148 Å². The maximum atomic E-state index is 12.5. The zero-order valence-corrected chi connectivity index (χ0v) is 14.5. The van der Waals surface area contributed by atoms with Gasteiger partial charge in [-0.25, -0.2) is 4.98 Å². The van der Waals surface area contributed by atoms with E-state index in [2.05, 4.69) is 9.72 Å². The number of pyridine rings is 1. The fourth-order valence-electron chi connectivity index (χ4n) is 2.13. The summed E-state index contributed by atoms with van der Waals surface area (Å²) in [5.74, 6) is 0.379. The first-order chi connectivity index (χ1) is 11.8. The average Bonchev–Trinajstić information content (AvgIpc) is 2.55. The molecule has 1 heterocycles. The van der Waals surface area contributed by atoms with Crippen molar-refractivity contribution in [1.82, 2.24) is 9.88 Å². The molecule has 0 radical (unpaired) electrons. The molecule has 4 nitrogen and oxygen atoms in total. The number of amides is 1. The van der Waals surface area contributed by atoms with Crippen LogP contribution in [0.4, 0.5) is 13.2 Å². The smallest absolute Gasteiger partial charge is 0.406 e. The van der Waals surface area contributed by atoms with Gasteiger partial charge in [-0.2, -0.15) is 0 Å². The lowest BCUT2D eigenvalue weighted by molar-refractivity contribution is -0.274. The molecule has 0 aliphatic carbocycles. The van der Waals surface area contributed by atoms with Crippen molar-refractivity contribution in [3.05, 3.63) is 53.7 Å². The van der Waals surface area contributed by atoms with Gasteiger partial charge in [0.15, 0.2) is 0 Å². The van der Waals surface area contributed by atoms with Crippen molar-refractivity contribution in [1.29, 1.82) is 0 Å². The second kappa shape index (κ2) is 8.24. The summed E-state index contributed by atoms with van der Waals surface area (Å²) in [6.45, 7) is 2.27. The zero-order chi connectivity index (χ0) is 18.4. The van der Waals surface area contributed by atoms with Crippen LogP contribution in [0.3, 0.4) is 0 Å². The third-order valence-corrected chi connectivity index (χ3v) is 4.01. The van der Waals surface area contributed by atoms with Crippen molar-refractivity contribution in [2.24, 2.45) is 0 Å². The number of carbonyl (C=O) groups excluding carboxylic acids is 1. The molecule has 0 aliphatic heterocycles. The standard InChI is InChI=1S/C17H17F3N2O2S/c1-3-25-15-10-13(8-9-21-15)16(23)22(2)11-12-4-6-14(7-5-12)24-17(18,19)20/h4-10H,3,11H2,1-2H3. The minimum absolute atomic E-state index is 0.184. The number of nitrogens with zero attached hydrogens (tertiary/aromatic N) is 2. The second-order valence-corrected chi connectivity index (χ2v) is 6.45. The van der Waals surface area contributed by atoms with E-state index in [1.807, 2.05) is 6.92 Å². The number of halogens is 3. The van der Waals surface area contributed by atoms with Gasteiger partial charge in [-0.3, -0.25) is 4.79 Å². The number of alkyl halides is 3. The van der Waals surface area contributed by atoms with Gasteiger partial charge in [0, 0.05) is 25.4 Å². The number of thioether (sulfide) groups is 1. The van der Waals surface area contributed by atoms with Crippen molar-refractivity contribution >= 4 is 17.7 Å². The first-order valence-electron chi connectivity index (χ1n) is 7.47. The Bertz CT molecular complexity index is 721. The summed E-state index contributed by atoms with van der Waals surface area (Å²) in [6.07, 6.45) is -3.13. The van der Waals surface area contributed by atoms with Gasteiger partial charge >= 0.3 is 6.36 Å². The minimum atomic E-state index is -4.72. The Morgan fingerprint density at radius 1 is 1.24 bits per heavy atom. The Kier molecular flexibility index (Phi) is 6.30.